The number of hydrogen-bond donors (Lipinski definition) is 1. The van der Waals surface area contributed by atoms with Gasteiger partial charge in [0.1, 0.15) is 11.6 Å². The van der Waals surface area contributed by atoms with Crippen molar-refractivity contribution in [2.45, 2.75) is 25.9 Å². The Labute approximate surface area is 122 Å². The standard InChI is InChI=1S/C16H16ClF2N/c1-11(6-13-4-2-3-5-16(13)17)20-10-12-7-14(18)9-15(19)8-12/h2-5,7-9,11,20H,6,10H2,1H3. The Morgan fingerprint density at radius 3 is 2.40 bits per heavy atom. The molecule has 2 aromatic rings. The summed E-state index contributed by atoms with van der Waals surface area (Å²) in [4.78, 5) is 0. The minimum atomic E-state index is -0.555. The molecule has 0 aliphatic heterocycles. The molecule has 4 heteroatoms. The molecule has 106 valence electrons. The fraction of sp³-hybridized carbons (Fsp3) is 0.250. The third-order valence-corrected chi connectivity index (χ3v) is 3.43. The molecule has 0 saturated carbocycles. The molecule has 1 N–H and O–H groups in total. The highest BCUT2D eigenvalue weighted by Gasteiger charge is 2.07. The van der Waals surface area contributed by atoms with E-state index in [1.165, 1.54) is 12.1 Å². The number of hydrogen-bond acceptors (Lipinski definition) is 1. The zero-order chi connectivity index (χ0) is 14.5. The van der Waals surface area contributed by atoms with E-state index in [9.17, 15) is 8.78 Å². The van der Waals surface area contributed by atoms with Gasteiger partial charge in [0.05, 0.1) is 0 Å². The van der Waals surface area contributed by atoms with E-state index in [1.807, 2.05) is 31.2 Å². The van der Waals surface area contributed by atoms with Gasteiger partial charge in [-0.15, -0.1) is 0 Å². The maximum atomic E-state index is 13.1. The van der Waals surface area contributed by atoms with Crippen LogP contribution in [0.4, 0.5) is 8.78 Å². The lowest BCUT2D eigenvalue weighted by Gasteiger charge is -2.15. The van der Waals surface area contributed by atoms with E-state index in [-0.39, 0.29) is 6.04 Å². The first kappa shape index (κ1) is 14.9. The van der Waals surface area contributed by atoms with Gasteiger partial charge < -0.3 is 5.32 Å². The van der Waals surface area contributed by atoms with Gasteiger partial charge in [0, 0.05) is 23.7 Å². The average Bonchev–Trinajstić information content (AvgIpc) is 2.38. The summed E-state index contributed by atoms with van der Waals surface area (Å²) < 4.78 is 26.1. The van der Waals surface area contributed by atoms with E-state index in [4.69, 9.17) is 11.6 Å². The summed E-state index contributed by atoms with van der Waals surface area (Å²) in [7, 11) is 0. The Hall–Kier alpha value is -1.45. The first-order valence-electron chi connectivity index (χ1n) is 6.46. The van der Waals surface area contributed by atoms with Crippen LogP contribution in [0.2, 0.25) is 5.02 Å². The van der Waals surface area contributed by atoms with Crippen LogP contribution in [0, 0.1) is 11.6 Å². The fourth-order valence-corrected chi connectivity index (χ4v) is 2.28. The second-order valence-corrected chi connectivity index (χ2v) is 5.26. The lowest BCUT2D eigenvalue weighted by Crippen LogP contribution is -2.27. The summed E-state index contributed by atoms with van der Waals surface area (Å²) >= 11 is 6.10. The van der Waals surface area contributed by atoms with Gasteiger partial charge in [-0.05, 0) is 42.7 Å². The van der Waals surface area contributed by atoms with Gasteiger partial charge in [-0.3, -0.25) is 0 Å². The summed E-state index contributed by atoms with van der Waals surface area (Å²) in [5, 5.41) is 3.97. The Bertz CT molecular complexity index is 566. The molecule has 20 heavy (non-hydrogen) atoms. The molecule has 0 bridgehead atoms. The molecule has 1 unspecified atom stereocenters. The minimum absolute atomic E-state index is 0.154. The van der Waals surface area contributed by atoms with Crippen LogP contribution in [0.1, 0.15) is 18.1 Å². The molecule has 0 fully saturated rings. The van der Waals surface area contributed by atoms with Crippen LogP contribution in [0.5, 0.6) is 0 Å². The van der Waals surface area contributed by atoms with Crippen molar-refractivity contribution in [3.8, 4) is 0 Å². The molecule has 0 aliphatic rings. The molecule has 2 rings (SSSR count). The van der Waals surface area contributed by atoms with Crippen molar-refractivity contribution < 1.29 is 8.78 Å². The van der Waals surface area contributed by atoms with Crippen molar-refractivity contribution in [3.63, 3.8) is 0 Å². The number of benzene rings is 2. The number of rotatable bonds is 5. The summed E-state index contributed by atoms with van der Waals surface area (Å²) in [6.07, 6.45) is 0.761. The first-order chi connectivity index (χ1) is 9.54. The predicted octanol–water partition coefficient (Wildman–Crippen LogP) is 4.34. The van der Waals surface area contributed by atoms with Crippen molar-refractivity contribution in [3.05, 3.63) is 70.2 Å². The summed E-state index contributed by atoms with van der Waals surface area (Å²) in [5.41, 5.74) is 1.65. The van der Waals surface area contributed by atoms with Gasteiger partial charge in [-0.25, -0.2) is 8.78 Å². The van der Waals surface area contributed by atoms with Crippen molar-refractivity contribution in [1.29, 1.82) is 0 Å². The molecule has 0 amide bonds. The van der Waals surface area contributed by atoms with E-state index in [0.717, 1.165) is 23.1 Å². The van der Waals surface area contributed by atoms with E-state index >= 15 is 0 Å². The molecule has 0 heterocycles. The third kappa shape index (κ3) is 4.29. The van der Waals surface area contributed by atoms with Crippen molar-refractivity contribution >= 4 is 11.6 Å². The normalized spacial score (nSPS) is 12.4. The maximum absolute atomic E-state index is 13.1. The summed E-state index contributed by atoms with van der Waals surface area (Å²) in [6.45, 7) is 2.43. The lowest BCUT2D eigenvalue weighted by molar-refractivity contribution is 0.535. The van der Waals surface area contributed by atoms with E-state index in [1.54, 1.807) is 0 Å². The predicted molar refractivity (Wildman–Crippen MR) is 77.8 cm³/mol. The van der Waals surface area contributed by atoms with Crippen LogP contribution in [0.25, 0.3) is 0 Å². The topological polar surface area (TPSA) is 12.0 Å². The fourth-order valence-electron chi connectivity index (χ4n) is 2.07. The smallest absolute Gasteiger partial charge is 0.126 e. The van der Waals surface area contributed by atoms with Crippen LogP contribution in [0.15, 0.2) is 42.5 Å². The van der Waals surface area contributed by atoms with E-state index < -0.39 is 11.6 Å². The molecule has 1 atom stereocenters. The van der Waals surface area contributed by atoms with Crippen LogP contribution in [-0.2, 0) is 13.0 Å². The zero-order valence-electron chi connectivity index (χ0n) is 11.2. The maximum Gasteiger partial charge on any atom is 0.126 e. The van der Waals surface area contributed by atoms with Crippen LogP contribution in [-0.4, -0.2) is 6.04 Å². The van der Waals surface area contributed by atoms with Crippen molar-refractivity contribution in [2.24, 2.45) is 0 Å². The monoisotopic (exact) mass is 295 g/mol. The molecular weight excluding hydrogens is 280 g/mol. The molecule has 0 saturated heterocycles. The first-order valence-corrected chi connectivity index (χ1v) is 6.84. The van der Waals surface area contributed by atoms with Gasteiger partial charge in [0.15, 0.2) is 0 Å². The van der Waals surface area contributed by atoms with E-state index in [2.05, 4.69) is 5.32 Å². The molecular formula is C16H16ClF2N. The highest BCUT2D eigenvalue weighted by molar-refractivity contribution is 6.31. The van der Waals surface area contributed by atoms with Crippen LogP contribution >= 0.6 is 11.6 Å². The molecule has 0 radical (unpaired) electrons. The Morgan fingerprint density at radius 2 is 1.75 bits per heavy atom. The minimum Gasteiger partial charge on any atom is -0.310 e. The van der Waals surface area contributed by atoms with Crippen molar-refractivity contribution in [2.75, 3.05) is 0 Å². The Kier molecular flexibility index (Phi) is 5.10. The largest absolute Gasteiger partial charge is 0.310 e. The average molecular weight is 296 g/mol. The highest BCUT2D eigenvalue weighted by Crippen LogP contribution is 2.16. The van der Waals surface area contributed by atoms with Gasteiger partial charge >= 0.3 is 0 Å². The Morgan fingerprint density at radius 1 is 1.10 bits per heavy atom. The van der Waals surface area contributed by atoms with Crippen LogP contribution < -0.4 is 5.32 Å². The molecule has 0 aliphatic carbocycles. The quantitative estimate of drug-likeness (QED) is 0.865. The summed E-state index contributed by atoms with van der Waals surface area (Å²) in [5.74, 6) is -1.11. The highest BCUT2D eigenvalue weighted by atomic mass is 35.5. The lowest BCUT2D eigenvalue weighted by atomic mass is 10.1. The number of halogens is 3. The van der Waals surface area contributed by atoms with Gasteiger partial charge in [-0.2, -0.15) is 0 Å². The zero-order valence-corrected chi connectivity index (χ0v) is 11.9. The molecule has 1 nitrogen and oxygen atoms in total. The third-order valence-electron chi connectivity index (χ3n) is 3.06. The second kappa shape index (κ2) is 6.82. The van der Waals surface area contributed by atoms with Gasteiger partial charge in [-0.1, -0.05) is 29.8 Å². The molecule has 0 aromatic heterocycles. The van der Waals surface area contributed by atoms with E-state index in [0.29, 0.717) is 12.1 Å². The van der Waals surface area contributed by atoms with Crippen molar-refractivity contribution in [1.82, 2.24) is 5.32 Å². The van der Waals surface area contributed by atoms with Crippen LogP contribution in [0.3, 0.4) is 0 Å². The van der Waals surface area contributed by atoms with Gasteiger partial charge in [0.25, 0.3) is 0 Å². The molecule has 2 aromatic carbocycles. The SMILES string of the molecule is CC(Cc1ccccc1Cl)NCc1cc(F)cc(F)c1. The Balaban J connectivity index is 1.92. The molecule has 0 spiro atoms. The van der Waals surface area contributed by atoms with Gasteiger partial charge in [0.2, 0.25) is 0 Å². The second-order valence-electron chi connectivity index (χ2n) is 4.86. The number of nitrogens with one attached hydrogen (secondary N) is 1. The summed E-state index contributed by atoms with van der Waals surface area (Å²) in [6, 6.07) is 11.3.